The highest BCUT2D eigenvalue weighted by atomic mass is 16.2. The van der Waals surface area contributed by atoms with Crippen LogP contribution in [0.4, 0.5) is 5.69 Å². The van der Waals surface area contributed by atoms with Crippen LogP contribution in [0.1, 0.15) is 25.8 Å². The predicted molar refractivity (Wildman–Crippen MR) is 112 cm³/mol. The Balaban J connectivity index is 1.39. The molecule has 0 saturated carbocycles. The van der Waals surface area contributed by atoms with Crippen molar-refractivity contribution in [1.29, 1.82) is 0 Å². The number of piperidine rings is 1. The summed E-state index contributed by atoms with van der Waals surface area (Å²) >= 11 is 0. The second-order valence-corrected chi connectivity index (χ2v) is 8.71. The minimum atomic E-state index is 0.0198. The van der Waals surface area contributed by atoms with Crippen LogP contribution in [0.25, 0.3) is 0 Å². The van der Waals surface area contributed by atoms with Crippen molar-refractivity contribution >= 4 is 17.5 Å². The molecule has 2 saturated heterocycles. The minimum absolute atomic E-state index is 0.0198. The maximum atomic E-state index is 12.7. The molecular formula is C22H34N4O2. The van der Waals surface area contributed by atoms with E-state index in [0.717, 1.165) is 50.5 Å². The lowest BCUT2D eigenvalue weighted by atomic mass is 9.92. The van der Waals surface area contributed by atoms with Crippen LogP contribution in [0.2, 0.25) is 0 Å². The first kappa shape index (κ1) is 20.8. The van der Waals surface area contributed by atoms with Gasteiger partial charge in [0, 0.05) is 45.0 Å². The van der Waals surface area contributed by atoms with Gasteiger partial charge < -0.3 is 10.2 Å². The van der Waals surface area contributed by atoms with Gasteiger partial charge in [-0.25, -0.2) is 0 Å². The highest BCUT2D eigenvalue weighted by molar-refractivity contribution is 5.92. The molecule has 2 fully saturated rings. The lowest BCUT2D eigenvalue weighted by molar-refractivity contribution is -0.135. The molecule has 0 spiro atoms. The van der Waals surface area contributed by atoms with Crippen molar-refractivity contribution in [2.24, 2.45) is 11.8 Å². The van der Waals surface area contributed by atoms with E-state index in [1.165, 1.54) is 6.42 Å². The molecule has 1 N–H and O–H groups in total. The van der Waals surface area contributed by atoms with Gasteiger partial charge in [0.25, 0.3) is 0 Å². The molecule has 2 unspecified atom stereocenters. The standard InChI is InChI=1S/C22H34N4O2/c1-17-5-4-6-20(12-17)23-21(27)15-24-7-9-25(10-8-24)16-22(28)26-13-18(2)11-19(3)14-26/h4-6,12,18-19H,7-11,13-16H2,1-3H3,(H,23,27). The molecule has 2 amide bonds. The number of amides is 2. The molecule has 3 rings (SSSR count). The molecule has 0 bridgehead atoms. The topological polar surface area (TPSA) is 55.9 Å². The number of hydrogen-bond acceptors (Lipinski definition) is 4. The Morgan fingerprint density at radius 2 is 1.61 bits per heavy atom. The minimum Gasteiger partial charge on any atom is -0.341 e. The van der Waals surface area contributed by atoms with Crippen LogP contribution in [-0.2, 0) is 9.59 Å². The Hall–Kier alpha value is -1.92. The molecule has 6 heteroatoms. The largest absolute Gasteiger partial charge is 0.341 e. The first-order valence-electron chi connectivity index (χ1n) is 10.5. The monoisotopic (exact) mass is 386 g/mol. The average Bonchev–Trinajstić information content (AvgIpc) is 2.62. The number of carbonyl (C=O) groups is 2. The Bertz CT molecular complexity index is 675. The van der Waals surface area contributed by atoms with Crippen LogP contribution in [-0.4, -0.2) is 78.9 Å². The van der Waals surface area contributed by atoms with Gasteiger partial charge in [-0.1, -0.05) is 26.0 Å². The average molecular weight is 387 g/mol. The normalized spacial score (nSPS) is 24.2. The zero-order chi connectivity index (χ0) is 20.1. The molecule has 1 aromatic rings. The van der Waals surface area contributed by atoms with Crippen LogP contribution in [0.15, 0.2) is 24.3 Å². The van der Waals surface area contributed by atoms with E-state index in [1.807, 2.05) is 36.1 Å². The Labute approximate surface area is 168 Å². The van der Waals surface area contributed by atoms with E-state index >= 15 is 0 Å². The van der Waals surface area contributed by atoms with Crippen molar-refractivity contribution in [3.8, 4) is 0 Å². The quantitative estimate of drug-likeness (QED) is 0.842. The smallest absolute Gasteiger partial charge is 0.238 e. The summed E-state index contributed by atoms with van der Waals surface area (Å²) in [6.45, 7) is 12.5. The molecule has 28 heavy (non-hydrogen) atoms. The van der Waals surface area contributed by atoms with Gasteiger partial charge in [-0.05, 0) is 42.9 Å². The number of rotatable bonds is 5. The van der Waals surface area contributed by atoms with E-state index in [4.69, 9.17) is 0 Å². The molecule has 2 heterocycles. The van der Waals surface area contributed by atoms with Gasteiger partial charge in [0.05, 0.1) is 13.1 Å². The second-order valence-electron chi connectivity index (χ2n) is 8.71. The van der Waals surface area contributed by atoms with Crippen molar-refractivity contribution in [2.45, 2.75) is 27.2 Å². The zero-order valence-corrected chi connectivity index (χ0v) is 17.5. The summed E-state index contributed by atoms with van der Waals surface area (Å²) in [6.07, 6.45) is 1.22. The fourth-order valence-corrected chi connectivity index (χ4v) is 4.39. The van der Waals surface area contributed by atoms with E-state index in [9.17, 15) is 9.59 Å². The van der Waals surface area contributed by atoms with E-state index in [0.29, 0.717) is 24.9 Å². The van der Waals surface area contributed by atoms with Gasteiger partial charge in [0.15, 0.2) is 0 Å². The molecule has 0 radical (unpaired) electrons. The fraction of sp³-hybridized carbons (Fsp3) is 0.636. The summed E-state index contributed by atoms with van der Waals surface area (Å²) in [5, 5.41) is 2.97. The van der Waals surface area contributed by atoms with Crippen LogP contribution in [0, 0.1) is 18.8 Å². The number of piperazine rings is 1. The first-order chi connectivity index (χ1) is 13.4. The maximum absolute atomic E-state index is 12.7. The van der Waals surface area contributed by atoms with Crippen LogP contribution < -0.4 is 5.32 Å². The van der Waals surface area contributed by atoms with E-state index in [2.05, 4.69) is 29.0 Å². The Kier molecular flexibility index (Phi) is 7.08. The highest BCUT2D eigenvalue weighted by Crippen LogP contribution is 2.21. The number of benzene rings is 1. The van der Waals surface area contributed by atoms with E-state index in [1.54, 1.807) is 0 Å². The number of nitrogens with zero attached hydrogens (tertiary/aromatic N) is 3. The van der Waals surface area contributed by atoms with E-state index < -0.39 is 0 Å². The van der Waals surface area contributed by atoms with Gasteiger partial charge in [-0.2, -0.15) is 0 Å². The summed E-state index contributed by atoms with van der Waals surface area (Å²) in [6, 6.07) is 7.85. The van der Waals surface area contributed by atoms with E-state index in [-0.39, 0.29) is 11.8 Å². The summed E-state index contributed by atoms with van der Waals surface area (Å²) in [5.74, 6) is 1.46. The molecule has 6 nitrogen and oxygen atoms in total. The van der Waals surface area contributed by atoms with Gasteiger partial charge in [0.1, 0.15) is 0 Å². The molecule has 2 aliphatic heterocycles. The summed E-state index contributed by atoms with van der Waals surface area (Å²) in [4.78, 5) is 31.4. The Morgan fingerprint density at radius 3 is 2.21 bits per heavy atom. The zero-order valence-electron chi connectivity index (χ0n) is 17.5. The Morgan fingerprint density at radius 1 is 1.00 bits per heavy atom. The summed E-state index contributed by atoms with van der Waals surface area (Å²) in [5.41, 5.74) is 1.98. The molecule has 0 aliphatic carbocycles. The third kappa shape index (κ3) is 6.04. The van der Waals surface area contributed by atoms with Crippen molar-refractivity contribution in [3.63, 3.8) is 0 Å². The first-order valence-corrected chi connectivity index (χ1v) is 10.5. The van der Waals surface area contributed by atoms with Crippen LogP contribution >= 0.6 is 0 Å². The fourth-order valence-electron chi connectivity index (χ4n) is 4.39. The number of anilines is 1. The second kappa shape index (κ2) is 9.52. The maximum Gasteiger partial charge on any atom is 0.238 e. The van der Waals surface area contributed by atoms with Gasteiger partial charge in [-0.15, -0.1) is 0 Å². The SMILES string of the molecule is Cc1cccc(NC(=O)CN2CCN(CC(=O)N3CC(C)CC(C)C3)CC2)c1. The van der Waals surface area contributed by atoms with Crippen molar-refractivity contribution < 1.29 is 9.59 Å². The number of hydrogen-bond donors (Lipinski definition) is 1. The molecule has 1 aromatic carbocycles. The molecule has 2 atom stereocenters. The van der Waals surface area contributed by atoms with Gasteiger partial charge in [-0.3, -0.25) is 19.4 Å². The highest BCUT2D eigenvalue weighted by Gasteiger charge is 2.27. The van der Waals surface area contributed by atoms with Crippen molar-refractivity contribution in [2.75, 3.05) is 57.7 Å². The number of nitrogens with one attached hydrogen (secondary N) is 1. The third-order valence-electron chi connectivity index (χ3n) is 5.71. The lowest BCUT2D eigenvalue weighted by Crippen LogP contribution is -2.52. The number of carbonyl (C=O) groups excluding carboxylic acids is 2. The van der Waals surface area contributed by atoms with Crippen LogP contribution in [0.5, 0.6) is 0 Å². The molecular weight excluding hydrogens is 352 g/mol. The third-order valence-corrected chi connectivity index (χ3v) is 5.71. The number of aryl methyl sites for hydroxylation is 1. The predicted octanol–water partition coefficient (Wildman–Crippen LogP) is 2.06. The number of likely N-dealkylation sites (tertiary alicyclic amines) is 1. The molecule has 154 valence electrons. The van der Waals surface area contributed by atoms with Crippen molar-refractivity contribution in [1.82, 2.24) is 14.7 Å². The van der Waals surface area contributed by atoms with Gasteiger partial charge >= 0.3 is 0 Å². The van der Waals surface area contributed by atoms with Crippen LogP contribution in [0.3, 0.4) is 0 Å². The summed E-state index contributed by atoms with van der Waals surface area (Å²) in [7, 11) is 0. The lowest BCUT2D eigenvalue weighted by Gasteiger charge is -2.38. The van der Waals surface area contributed by atoms with Crippen molar-refractivity contribution in [3.05, 3.63) is 29.8 Å². The van der Waals surface area contributed by atoms with Gasteiger partial charge in [0.2, 0.25) is 11.8 Å². The summed E-state index contributed by atoms with van der Waals surface area (Å²) < 4.78 is 0. The molecule has 0 aromatic heterocycles. The molecule has 2 aliphatic rings.